The first-order valence-electron chi connectivity index (χ1n) is 20.4. The number of ether oxygens (including phenoxy) is 2. The number of carbonyl (C=O) groups is 3. The molecule has 2 fully saturated rings. The van der Waals surface area contributed by atoms with Gasteiger partial charge in [0.15, 0.2) is 0 Å². The highest BCUT2D eigenvalue weighted by atomic mass is 32.2. The lowest BCUT2D eigenvalue weighted by Crippen LogP contribution is -2.65. The molecule has 52 heavy (non-hydrogen) atoms. The van der Waals surface area contributed by atoms with E-state index in [-0.39, 0.29) is 31.4 Å². The van der Waals surface area contributed by atoms with Gasteiger partial charge in [-0.05, 0) is 18.4 Å². The second-order valence-electron chi connectivity index (χ2n) is 14.4. The van der Waals surface area contributed by atoms with E-state index in [1.807, 2.05) is 30.3 Å². The minimum absolute atomic E-state index is 0.0313. The average Bonchev–Trinajstić information content (AvgIpc) is 3.53. The van der Waals surface area contributed by atoms with Gasteiger partial charge in [-0.2, -0.15) is 0 Å². The molecule has 0 bridgehead atoms. The molecule has 1 aromatic rings. The lowest BCUT2D eigenvalue weighted by molar-refractivity contribution is -0.157. The van der Waals surface area contributed by atoms with Gasteiger partial charge in [0, 0.05) is 25.1 Å². The number of fused-ring (bicyclic) bond motifs is 1. The van der Waals surface area contributed by atoms with Gasteiger partial charge in [-0.3, -0.25) is 14.5 Å². The summed E-state index contributed by atoms with van der Waals surface area (Å²) in [5, 5.41) is 24.2. The van der Waals surface area contributed by atoms with Gasteiger partial charge in [-0.25, -0.2) is 4.79 Å². The number of benzene rings is 1. The Bertz CT molecular complexity index is 1080. The summed E-state index contributed by atoms with van der Waals surface area (Å²) in [6.45, 7) is 5.44. The smallest absolute Gasteiger partial charge is 0.411 e. The van der Waals surface area contributed by atoms with Gasteiger partial charge >= 0.3 is 6.09 Å². The number of thioether (sulfide) groups is 1. The molecule has 5 N–H and O–H groups in total. The number of aliphatic hydroxyl groups is 2. The predicted molar refractivity (Wildman–Crippen MR) is 211 cm³/mol. The molecule has 10 nitrogen and oxygen atoms in total. The Hall–Kier alpha value is -2.34. The van der Waals surface area contributed by atoms with Gasteiger partial charge in [0.25, 0.3) is 0 Å². The van der Waals surface area contributed by atoms with Crippen molar-refractivity contribution in [2.75, 3.05) is 18.9 Å². The number of nitrogens with zero attached hydrogens (tertiary/aromatic N) is 1. The van der Waals surface area contributed by atoms with Gasteiger partial charge in [0.2, 0.25) is 11.8 Å². The van der Waals surface area contributed by atoms with Crippen molar-refractivity contribution < 1.29 is 34.1 Å². The van der Waals surface area contributed by atoms with Crippen molar-refractivity contribution in [2.24, 2.45) is 5.73 Å². The molecule has 2 aliphatic heterocycles. The molecule has 3 amide bonds. The molecule has 0 spiro atoms. The highest BCUT2D eigenvalue weighted by Crippen LogP contribution is 2.36. The van der Waals surface area contributed by atoms with Crippen LogP contribution in [0.15, 0.2) is 30.3 Å². The fourth-order valence-corrected chi connectivity index (χ4v) is 8.00. The molecule has 0 radical (unpaired) electrons. The molecule has 1 aromatic carbocycles. The maximum atomic E-state index is 12.4. The van der Waals surface area contributed by atoms with E-state index in [1.54, 1.807) is 0 Å². The number of rotatable bonds is 28. The van der Waals surface area contributed by atoms with E-state index in [9.17, 15) is 24.6 Å². The number of carbonyl (C=O) groups excluding carboxylic acids is 3. The molecule has 5 atom stereocenters. The van der Waals surface area contributed by atoms with Crippen molar-refractivity contribution in [2.45, 2.75) is 185 Å². The van der Waals surface area contributed by atoms with Crippen LogP contribution in [0, 0.1) is 0 Å². The van der Waals surface area contributed by atoms with Crippen LogP contribution >= 0.6 is 11.8 Å². The van der Waals surface area contributed by atoms with E-state index in [0.29, 0.717) is 18.7 Å². The number of hydrogen-bond acceptors (Lipinski definition) is 8. The Labute approximate surface area is 318 Å². The second-order valence-corrected chi connectivity index (χ2v) is 15.6. The summed E-state index contributed by atoms with van der Waals surface area (Å²) in [7, 11) is 0. The van der Waals surface area contributed by atoms with Crippen LogP contribution in [-0.4, -0.2) is 81.7 Å². The molecule has 3 rings (SSSR count). The summed E-state index contributed by atoms with van der Waals surface area (Å²) in [5.41, 5.74) is 5.98. The van der Waals surface area contributed by atoms with Gasteiger partial charge in [0.1, 0.15) is 30.3 Å². The van der Waals surface area contributed by atoms with E-state index >= 15 is 0 Å². The Morgan fingerprint density at radius 1 is 0.808 bits per heavy atom. The van der Waals surface area contributed by atoms with E-state index in [0.717, 1.165) is 31.2 Å². The summed E-state index contributed by atoms with van der Waals surface area (Å²) in [6, 6.07) is 8.95. The van der Waals surface area contributed by atoms with Gasteiger partial charge in [0.05, 0.1) is 12.6 Å². The van der Waals surface area contributed by atoms with Crippen molar-refractivity contribution >= 4 is 29.7 Å². The molecule has 0 saturated carbocycles. The fourth-order valence-electron chi connectivity index (χ4n) is 6.70. The number of primary amides is 1. The van der Waals surface area contributed by atoms with Gasteiger partial charge < -0.3 is 30.7 Å². The molecular formula is C41H71N3O7S. The molecule has 11 heteroatoms. The number of nitrogens with two attached hydrogens (primary N) is 1. The predicted octanol–water partition coefficient (Wildman–Crippen LogP) is 8.01. The monoisotopic (exact) mass is 750 g/mol. The normalized spacial score (nSPS) is 20.9. The number of hydrogen-bond donors (Lipinski definition) is 4. The quantitative estimate of drug-likeness (QED) is 0.0630. The Kier molecular flexibility index (Phi) is 25.6. The zero-order valence-corrected chi connectivity index (χ0v) is 33.1. The molecule has 298 valence electrons. The van der Waals surface area contributed by atoms with Crippen LogP contribution in [0.3, 0.4) is 0 Å². The zero-order chi connectivity index (χ0) is 37.8. The number of nitrogens with one attached hydrogen (secondary N) is 1. The third kappa shape index (κ3) is 19.1. The lowest BCUT2D eigenvalue weighted by atomic mass is 9.94. The van der Waals surface area contributed by atoms with Crippen molar-refractivity contribution in [1.29, 1.82) is 0 Å². The first-order chi connectivity index (χ1) is 25.3. The van der Waals surface area contributed by atoms with Crippen LogP contribution in [0.2, 0.25) is 0 Å². The molecular weight excluding hydrogens is 679 g/mol. The maximum absolute atomic E-state index is 12.4. The standard InChI is InChI=1S/C29H46N2O6S.C12H25NO/c1-2-3-4-5-6-7-8-9-10-14-18-30-24(32)17-19-38-28-26(34)27(36-20-22-15-12-11-13-16-22)25(33)23-21-37-29(35)31(23)28;1-2-3-4-5-6-7-8-9-10-11-12(13)14/h11-13,15-16,23,25-28,33-34H,2-10,14,17-21H2,1H3,(H,30,32);2-11H2,1H3,(H2,13,14). The van der Waals surface area contributed by atoms with E-state index in [1.165, 1.54) is 113 Å². The first kappa shape index (κ1) is 45.8. The second kappa shape index (κ2) is 29.1. The maximum Gasteiger partial charge on any atom is 0.411 e. The fraction of sp³-hybridized carbons (Fsp3) is 0.780. The lowest BCUT2D eigenvalue weighted by Gasteiger charge is -2.45. The largest absolute Gasteiger partial charge is 0.447 e. The Morgan fingerprint density at radius 3 is 1.90 bits per heavy atom. The molecule has 2 heterocycles. The number of amides is 3. The van der Waals surface area contributed by atoms with Crippen LogP contribution in [0.4, 0.5) is 4.79 Å². The SMILES string of the molecule is CCCCCCCCCCCC(N)=O.CCCCCCCCCCCCNC(=O)CCSC1C(O)C(OCc2ccccc2)C(O)C2COC(=O)N21. The number of piperidine rings is 1. The molecule has 0 aromatic heterocycles. The summed E-state index contributed by atoms with van der Waals surface area (Å²) >= 11 is 1.32. The highest BCUT2D eigenvalue weighted by molar-refractivity contribution is 7.99. The van der Waals surface area contributed by atoms with E-state index in [2.05, 4.69) is 19.2 Å². The van der Waals surface area contributed by atoms with Crippen LogP contribution in [0.5, 0.6) is 0 Å². The van der Waals surface area contributed by atoms with E-state index < -0.39 is 35.8 Å². The molecule has 2 aliphatic rings. The van der Waals surface area contributed by atoms with Crippen LogP contribution in [-0.2, 0) is 25.7 Å². The van der Waals surface area contributed by atoms with Crippen LogP contribution in [0.25, 0.3) is 0 Å². The summed E-state index contributed by atoms with van der Waals surface area (Å²) in [5.74, 6) is 0.243. The van der Waals surface area contributed by atoms with Gasteiger partial charge in [-0.1, -0.05) is 153 Å². The van der Waals surface area contributed by atoms with Gasteiger partial charge in [-0.15, -0.1) is 11.8 Å². The van der Waals surface area contributed by atoms with Crippen molar-refractivity contribution in [3.05, 3.63) is 35.9 Å². The van der Waals surface area contributed by atoms with E-state index in [4.69, 9.17) is 15.2 Å². The molecule has 0 aliphatic carbocycles. The zero-order valence-electron chi connectivity index (χ0n) is 32.3. The average molecular weight is 750 g/mol. The van der Waals surface area contributed by atoms with Crippen LogP contribution < -0.4 is 11.1 Å². The van der Waals surface area contributed by atoms with Crippen molar-refractivity contribution in [3.8, 4) is 0 Å². The third-order valence-electron chi connectivity index (χ3n) is 9.86. The minimum Gasteiger partial charge on any atom is -0.447 e. The van der Waals surface area contributed by atoms with Crippen molar-refractivity contribution in [3.63, 3.8) is 0 Å². The van der Waals surface area contributed by atoms with Crippen LogP contribution in [0.1, 0.15) is 154 Å². The Balaban J connectivity index is 0.000000565. The third-order valence-corrected chi connectivity index (χ3v) is 11.1. The summed E-state index contributed by atoms with van der Waals surface area (Å²) in [6.07, 6.45) is 21.4. The minimum atomic E-state index is -1.12. The topological polar surface area (TPSA) is 151 Å². The summed E-state index contributed by atoms with van der Waals surface area (Å²) < 4.78 is 11.1. The highest BCUT2D eigenvalue weighted by Gasteiger charge is 2.54. The first-order valence-corrected chi connectivity index (χ1v) is 21.5. The molecule has 5 unspecified atom stereocenters. The number of aliphatic hydroxyl groups excluding tert-OH is 2. The Morgan fingerprint density at radius 2 is 1.35 bits per heavy atom. The summed E-state index contributed by atoms with van der Waals surface area (Å²) in [4.78, 5) is 36.5. The van der Waals surface area contributed by atoms with Crippen molar-refractivity contribution in [1.82, 2.24) is 10.2 Å². The number of unbranched alkanes of at least 4 members (excludes halogenated alkanes) is 17. The molecule has 2 saturated heterocycles. The number of cyclic esters (lactones) is 1.